The highest BCUT2D eigenvalue weighted by Crippen LogP contribution is 2.30. The molecule has 0 fully saturated rings. The summed E-state index contributed by atoms with van der Waals surface area (Å²) in [7, 11) is 0. The molecular formula is C19H19FN2O4. The lowest BCUT2D eigenvalue weighted by molar-refractivity contribution is -0.130. The van der Waals surface area contributed by atoms with Gasteiger partial charge in [0.15, 0.2) is 11.5 Å². The third kappa shape index (κ3) is 4.11. The number of carbonyl (C=O) groups is 2. The second-order valence-corrected chi connectivity index (χ2v) is 5.88. The Kier molecular flexibility index (Phi) is 5.36. The van der Waals surface area contributed by atoms with Crippen molar-refractivity contribution in [2.45, 2.75) is 13.0 Å². The number of hydrogen-bond donors (Lipinski definition) is 2. The van der Waals surface area contributed by atoms with Gasteiger partial charge in [0.1, 0.15) is 12.4 Å². The first-order valence-electron chi connectivity index (χ1n) is 8.25. The van der Waals surface area contributed by atoms with Crippen molar-refractivity contribution in [3.8, 4) is 11.5 Å². The summed E-state index contributed by atoms with van der Waals surface area (Å²) in [5.41, 5.74) is 0.713. The maximum absolute atomic E-state index is 13.5. The van der Waals surface area contributed by atoms with Crippen LogP contribution in [0.3, 0.4) is 0 Å². The van der Waals surface area contributed by atoms with E-state index in [2.05, 4.69) is 10.6 Å². The zero-order chi connectivity index (χ0) is 18.5. The topological polar surface area (TPSA) is 76.7 Å². The maximum atomic E-state index is 13.5. The number of aryl methyl sites for hydroxylation is 1. The molecule has 1 aliphatic heterocycles. The molecule has 1 atom stereocenters. The Morgan fingerprint density at radius 2 is 1.85 bits per heavy atom. The molecule has 1 heterocycles. The van der Waals surface area contributed by atoms with Gasteiger partial charge in [0.2, 0.25) is 6.10 Å². The maximum Gasteiger partial charge on any atom is 0.264 e. The largest absolute Gasteiger partial charge is 0.485 e. The van der Waals surface area contributed by atoms with Crippen molar-refractivity contribution < 1.29 is 23.5 Å². The fourth-order valence-corrected chi connectivity index (χ4v) is 2.46. The number of rotatable bonds is 5. The minimum atomic E-state index is -0.744. The zero-order valence-electron chi connectivity index (χ0n) is 14.3. The molecule has 0 aromatic heterocycles. The van der Waals surface area contributed by atoms with Crippen LogP contribution in [-0.4, -0.2) is 37.6 Å². The Balaban J connectivity index is 1.43. The van der Waals surface area contributed by atoms with Crippen molar-refractivity contribution in [2.75, 3.05) is 19.7 Å². The molecule has 2 aromatic rings. The zero-order valence-corrected chi connectivity index (χ0v) is 14.3. The van der Waals surface area contributed by atoms with Crippen molar-refractivity contribution >= 4 is 11.8 Å². The van der Waals surface area contributed by atoms with Gasteiger partial charge in [0, 0.05) is 18.7 Å². The number of nitrogens with one attached hydrogen (secondary N) is 2. The van der Waals surface area contributed by atoms with Gasteiger partial charge in [0.05, 0.1) is 0 Å². The summed E-state index contributed by atoms with van der Waals surface area (Å²) in [5.74, 6) is -0.0251. The second kappa shape index (κ2) is 7.86. The Morgan fingerprint density at radius 1 is 1.12 bits per heavy atom. The molecule has 6 nitrogen and oxygen atoms in total. The van der Waals surface area contributed by atoms with Crippen LogP contribution in [0.5, 0.6) is 11.5 Å². The number of amides is 2. The van der Waals surface area contributed by atoms with Gasteiger partial charge in [-0.05, 0) is 36.8 Å². The first kappa shape index (κ1) is 17.7. The molecule has 2 aromatic carbocycles. The van der Waals surface area contributed by atoms with E-state index >= 15 is 0 Å². The second-order valence-electron chi connectivity index (χ2n) is 5.88. The third-order valence-electron chi connectivity index (χ3n) is 3.94. The molecule has 7 heteroatoms. The van der Waals surface area contributed by atoms with E-state index in [0.29, 0.717) is 17.1 Å². The van der Waals surface area contributed by atoms with Gasteiger partial charge in [-0.25, -0.2) is 4.39 Å². The quantitative estimate of drug-likeness (QED) is 0.800. The van der Waals surface area contributed by atoms with Crippen LogP contribution in [0.2, 0.25) is 0 Å². The summed E-state index contributed by atoms with van der Waals surface area (Å²) in [5, 5.41) is 5.30. The normalized spacial score (nSPS) is 15.2. The lowest BCUT2D eigenvalue weighted by Crippen LogP contribution is -2.46. The molecule has 0 bridgehead atoms. The van der Waals surface area contributed by atoms with Crippen molar-refractivity contribution in [3.05, 3.63) is 59.4 Å². The minimum Gasteiger partial charge on any atom is -0.485 e. The van der Waals surface area contributed by atoms with Crippen LogP contribution >= 0.6 is 0 Å². The van der Waals surface area contributed by atoms with Crippen molar-refractivity contribution in [2.24, 2.45) is 0 Å². The van der Waals surface area contributed by atoms with E-state index in [1.54, 1.807) is 37.3 Å². The standard InChI is InChI=1S/C19H19FN2O4/c1-12-6-7-13(10-14(12)20)18(23)21-8-9-22-19(24)17-11-25-15-4-2-3-5-16(15)26-17/h2-7,10,17H,8-9,11H2,1H3,(H,21,23)(H,22,24). The van der Waals surface area contributed by atoms with Crippen molar-refractivity contribution in [1.29, 1.82) is 0 Å². The van der Waals surface area contributed by atoms with E-state index in [4.69, 9.17) is 9.47 Å². The summed E-state index contributed by atoms with van der Waals surface area (Å²) >= 11 is 0. The van der Waals surface area contributed by atoms with Crippen LogP contribution in [-0.2, 0) is 4.79 Å². The lowest BCUT2D eigenvalue weighted by atomic mass is 10.1. The first-order valence-corrected chi connectivity index (χ1v) is 8.25. The molecular weight excluding hydrogens is 339 g/mol. The molecule has 26 heavy (non-hydrogen) atoms. The summed E-state index contributed by atoms with van der Waals surface area (Å²) in [6, 6.07) is 11.4. The monoisotopic (exact) mass is 358 g/mol. The van der Waals surface area contributed by atoms with Crippen LogP contribution in [0.4, 0.5) is 4.39 Å². The van der Waals surface area contributed by atoms with Gasteiger partial charge in [-0.1, -0.05) is 18.2 Å². The highest BCUT2D eigenvalue weighted by Gasteiger charge is 2.26. The summed E-state index contributed by atoms with van der Waals surface area (Å²) in [4.78, 5) is 24.1. The van der Waals surface area contributed by atoms with Gasteiger partial charge >= 0.3 is 0 Å². The molecule has 1 aliphatic rings. The number of ether oxygens (including phenoxy) is 2. The van der Waals surface area contributed by atoms with Gasteiger partial charge in [0.25, 0.3) is 11.8 Å². The highest BCUT2D eigenvalue weighted by atomic mass is 19.1. The van der Waals surface area contributed by atoms with E-state index in [9.17, 15) is 14.0 Å². The smallest absolute Gasteiger partial charge is 0.264 e. The van der Waals surface area contributed by atoms with Crippen LogP contribution < -0.4 is 20.1 Å². The number of para-hydroxylation sites is 2. The first-order chi connectivity index (χ1) is 12.5. The average molecular weight is 358 g/mol. The molecule has 1 unspecified atom stereocenters. The Hall–Kier alpha value is -3.09. The highest BCUT2D eigenvalue weighted by molar-refractivity contribution is 5.94. The van der Waals surface area contributed by atoms with Crippen LogP contribution in [0.25, 0.3) is 0 Å². The minimum absolute atomic E-state index is 0.123. The summed E-state index contributed by atoms with van der Waals surface area (Å²) in [6.07, 6.45) is -0.744. The van der Waals surface area contributed by atoms with Crippen LogP contribution in [0, 0.1) is 12.7 Å². The fourth-order valence-electron chi connectivity index (χ4n) is 2.46. The third-order valence-corrected chi connectivity index (χ3v) is 3.94. The van der Waals surface area contributed by atoms with E-state index in [1.807, 2.05) is 6.07 Å². The van der Waals surface area contributed by atoms with E-state index in [0.717, 1.165) is 0 Å². The molecule has 0 spiro atoms. The SMILES string of the molecule is Cc1ccc(C(=O)NCCNC(=O)C2COc3ccccc3O2)cc1F. The fraction of sp³-hybridized carbons (Fsp3) is 0.263. The molecule has 136 valence electrons. The molecule has 2 N–H and O–H groups in total. The predicted molar refractivity (Wildman–Crippen MR) is 92.8 cm³/mol. The van der Waals surface area contributed by atoms with Gasteiger partial charge < -0.3 is 20.1 Å². The van der Waals surface area contributed by atoms with Crippen LogP contribution in [0.1, 0.15) is 15.9 Å². The van der Waals surface area contributed by atoms with E-state index < -0.39 is 17.8 Å². The van der Waals surface area contributed by atoms with E-state index in [1.165, 1.54) is 6.07 Å². The summed E-state index contributed by atoms with van der Waals surface area (Å²) < 4.78 is 24.6. The van der Waals surface area contributed by atoms with Gasteiger partial charge in [-0.3, -0.25) is 9.59 Å². The van der Waals surface area contributed by atoms with Crippen molar-refractivity contribution in [3.63, 3.8) is 0 Å². The predicted octanol–water partition coefficient (Wildman–Crippen LogP) is 1.82. The molecule has 0 aliphatic carbocycles. The Labute approximate surface area is 150 Å². The van der Waals surface area contributed by atoms with E-state index in [-0.39, 0.29) is 31.2 Å². The molecule has 0 radical (unpaired) electrons. The number of halogens is 1. The van der Waals surface area contributed by atoms with Gasteiger partial charge in [-0.15, -0.1) is 0 Å². The molecule has 2 amide bonds. The molecule has 0 saturated carbocycles. The molecule has 0 saturated heterocycles. The number of benzene rings is 2. The number of fused-ring (bicyclic) bond motifs is 1. The summed E-state index contributed by atoms with van der Waals surface area (Å²) in [6.45, 7) is 2.19. The number of carbonyl (C=O) groups excluding carboxylic acids is 2. The number of hydrogen-bond acceptors (Lipinski definition) is 4. The van der Waals surface area contributed by atoms with Crippen LogP contribution in [0.15, 0.2) is 42.5 Å². The lowest BCUT2D eigenvalue weighted by Gasteiger charge is -2.25. The Bertz CT molecular complexity index is 825. The molecule has 3 rings (SSSR count). The Morgan fingerprint density at radius 3 is 2.62 bits per heavy atom. The average Bonchev–Trinajstić information content (AvgIpc) is 2.66. The van der Waals surface area contributed by atoms with Gasteiger partial charge in [-0.2, -0.15) is 0 Å². The van der Waals surface area contributed by atoms with Crippen molar-refractivity contribution in [1.82, 2.24) is 10.6 Å².